The van der Waals surface area contributed by atoms with E-state index in [0.717, 1.165) is 27.3 Å². The van der Waals surface area contributed by atoms with Crippen molar-refractivity contribution in [3.63, 3.8) is 0 Å². The fourth-order valence-electron chi connectivity index (χ4n) is 2.68. The lowest BCUT2D eigenvalue weighted by Gasteiger charge is -2.32. The third-order valence-corrected chi connectivity index (χ3v) is 5.43. The van der Waals surface area contributed by atoms with Gasteiger partial charge in [0.25, 0.3) is 5.91 Å². The average molecular weight is 357 g/mol. The Morgan fingerprint density at radius 2 is 1.96 bits per heavy atom. The second kappa shape index (κ2) is 7.04. The van der Waals surface area contributed by atoms with E-state index in [4.69, 9.17) is 0 Å². The summed E-state index contributed by atoms with van der Waals surface area (Å²) in [6.45, 7) is 19.1. The van der Waals surface area contributed by atoms with E-state index in [-0.39, 0.29) is 11.4 Å². The summed E-state index contributed by atoms with van der Waals surface area (Å²) in [7, 11) is 1.85. The predicted molar refractivity (Wildman–Crippen MR) is 109 cm³/mol. The van der Waals surface area contributed by atoms with Crippen molar-refractivity contribution in [3.8, 4) is 10.4 Å². The van der Waals surface area contributed by atoms with Gasteiger partial charge in [0.15, 0.2) is 0 Å². The van der Waals surface area contributed by atoms with Crippen molar-refractivity contribution in [2.75, 3.05) is 7.05 Å². The van der Waals surface area contributed by atoms with E-state index in [0.29, 0.717) is 12.2 Å². The lowest BCUT2D eigenvalue weighted by molar-refractivity contribution is 0.0644. The fraction of sp³-hybridized carbons (Fsp3) is 0.381. The molecule has 3 nitrogen and oxygen atoms in total. The number of carbonyl (C=O) groups excluding carboxylic acids is 1. The Kier molecular flexibility index (Phi) is 5.43. The van der Waals surface area contributed by atoms with Crippen LogP contribution in [0.15, 0.2) is 42.3 Å². The summed E-state index contributed by atoms with van der Waals surface area (Å²) in [6, 6.07) is 6.11. The van der Waals surface area contributed by atoms with E-state index in [1.54, 1.807) is 16.2 Å². The quantitative estimate of drug-likeness (QED) is 0.631. The van der Waals surface area contributed by atoms with Crippen LogP contribution in [0.1, 0.15) is 50.8 Å². The summed E-state index contributed by atoms with van der Waals surface area (Å²) >= 11 is 1.67. The first-order chi connectivity index (χ1) is 11.6. The third kappa shape index (κ3) is 3.64. The molecule has 4 heteroatoms. The largest absolute Gasteiger partial charge is 0.336 e. The minimum absolute atomic E-state index is 0.0212. The monoisotopic (exact) mass is 356 g/mol. The van der Waals surface area contributed by atoms with Crippen molar-refractivity contribution in [2.24, 2.45) is 0 Å². The Bertz CT molecular complexity index is 804. The molecular weight excluding hydrogens is 328 g/mol. The van der Waals surface area contributed by atoms with Crippen molar-refractivity contribution in [2.45, 2.75) is 46.7 Å². The summed E-state index contributed by atoms with van der Waals surface area (Å²) in [5.41, 5.74) is 4.28. The van der Waals surface area contributed by atoms with Gasteiger partial charge in [0.05, 0.1) is 5.69 Å². The first kappa shape index (κ1) is 19.3. The minimum Gasteiger partial charge on any atom is -0.336 e. The summed E-state index contributed by atoms with van der Waals surface area (Å²) in [5.74, 6) is 0.0212. The highest BCUT2D eigenvalue weighted by molar-refractivity contribution is 7.13. The highest BCUT2D eigenvalue weighted by Gasteiger charge is 2.28. The molecule has 0 saturated carbocycles. The zero-order valence-electron chi connectivity index (χ0n) is 16.1. The third-order valence-electron chi connectivity index (χ3n) is 4.53. The van der Waals surface area contributed by atoms with Gasteiger partial charge in [-0.15, -0.1) is 11.3 Å². The van der Waals surface area contributed by atoms with Crippen molar-refractivity contribution < 1.29 is 4.79 Å². The van der Waals surface area contributed by atoms with E-state index in [1.807, 2.05) is 46.9 Å². The molecule has 2 rings (SSSR count). The molecule has 2 aromatic heterocycles. The molecule has 0 spiro atoms. The number of nitrogens with zero attached hydrogens (tertiary/aromatic N) is 2. The molecule has 0 aliphatic rings. The van der Waals surface area contributed by atoms with Gasteiger partial charge in [0.1, 0.15) is 5.69 Å². The summed E-state index contributed by atoms with van der Waals surface area (Å²) in [4.78, 5) is 16.1. The summed E-state index contributed by atoms with van der Waals surface area (Å²) in [6.07, 6.45) is 0. The molecule has 0 aromatic carbocycles. The van der Waals surface area contributed by atoms with Crippen LogP contribution in [0.2, 0.25) is 0 Å². The Hall–Kier alpha value is -2.07. The Balaban J connectivity index is 2.71. The van der Waals surface area contributed by atoms with Crippen LogP contribution in [0, 0.1) is 0 Å². The number of allylic oxidation sites excluding steroid dienone is 2. The molecule has 0 bridgehead atoms. The van der Waals surface area contributed by atoms with Crippen molar-refractivity contribution in [3.05, 3.63) is 53.7 Å². The first-order valence-corrected chi connectivity index (χ1v) is 9.38. The molecule has 0 aliphatic heterocycles. The normalized spacial score (nSPS) is 11.4. The van der Waals surface area contributed by atoms with Crippen LogP contribution >= 0.6 is 11.3 Å². The molecule has 0 unspecified atom stereocenters. The zero-order valence-corrected chi connectivity index (χ0v) is 17.0. The molecule has 134 valence electrons. The molecule has 0 N–H and O–H groups in total. The van der Waals surface area contributed by atoms with Crippen LogP contribution in [0.3, 0.4) is 0 Å². The number of hydrogen-bond acceptors (Lipinski definition) is 2. The van der Waals surface area contributed by atoms with E-state index in [2.05, 4.69) is 36.1 Å². The smallest absolute Gasteiger partial charge is 0.270 e. The average Bonchev–Trinajstić information content (AvgIpc) is 3.18. The molecule has 2 aromatic rings. The van der Waals surface area contributed by atoms with Gasteiger partial charge in [-0.3, -0.25) is 4.79 Å². The molecule has 2 heterocycles. The van der Waals surface area contributed by atoms with Gasteiger partial charge in [-0.05, 0) is 63.3 Å². The summed E-state index contributed by atoms with van der Waals surface area (Å²) in [5, 5.41) is 2.05. The van der Waals surface area contributed by atoms with Gasteiger partial charge in [-0.2, -0.15) is 0 Å². The van der Waals surface area contributed by atoms with E-state index < -0.39 is 0 Å². The van der Waals surface area contributed by atoms with Crippen LogP contribution in [-0.2, 0) is 6.54 Å². The van der Waals surface area contributed by atoms with Gasteiger partial charge in [-0.1, -0.05) is 19.2 Å². The maximum Gasteiger partial charge on any atom is 0.270 e. The standard InChI is InChI=1S/C21H28N2OS/c1-9-23-17(20(24)22(8)21(5,6)7)13-16(18-11-10-12-25-18)19(23)15(4)14(2)3/h10-13H,2,4,9H2,1,3,5-8H3. The Labute approximate surface area is 155 Å². The summed E-state index contributed by atoms with van der Waals surface area (Å²) < 4.78 is 2.07. The molecule has 0 atom stereocenters. The zero-order chi connectivity index (χ0) is 18.9. The SMILES string of the molecule is C=C(C)C(=C)c1c(-c2cccs2)cc(C(=O)N(C)C(C)(C)C)n1CC. The predicted octanol–water partition coefficient (Wildman–Crippen LogP) is 5.70. The van der Waals surface area contributed by atoms with Crippen LogP contribution in [-0.4, -0.2) is 28.0 Å². The molecule has 0 saturated heterocycles. The van der Waals surface area contributed by atoms with E-state index in [1.165, 1.54) is 0 Å². The van der Waals surface area contributed by atoms with Gasteiger partial charge in [0, 0.05) is 29.6 Å². The molecule has 0 fully saturated rings. The fourth-order valence-corrected chi connectivity index (χ4v) is 3.42. The second-order valence-corrected chi connectivity index (χ2v) is 8.25. The lowest BCUT2D eigenvalue weighted by Crippen LogP contribution is -2.43. The van der Waals surface area contributed by atoms with Crippen molar-refractivity contribution >= 4 is 22.8 Å². The highest BCUT2D eigenvalue weighted by Crippen LogP contribution is 2.37. The van der Waals surface area contributed by atoms with Gasteiger partial charge in [-0.25, -0.2) is 0 Å². The van der Waals surface area contributed by atoms with Gasteiger partial charge >= 0.3 is 0 Å². The lowest BCUT2D eigenvalue weighted by atomic mass is 10.0. The van der Waals surface area contributed by atoms with E-state index in [9.17, 15) is 4.79 Å². The Morgan fingerprint density at radius 3 is 2.40 bits per heavy atom. The number of aromatic nitrogens is 1. The molecule has 0 radical (unpaired) electrons. The number of amides is 1. The molecule has 25 heavy (non-hydrogen) atoms. The number of rotatable bonds is 5. The highest BCUT2D eigenvalue weighted by atomic mass is 32.1. The Morgan fingerprint density at radius 1 is 1.32 bits per heavy atom. The molecule has 1 amide bonds. The second-order valence-electron chi connectivity index (χ2n) is 7.31. The number of carbonyl (C=O) groups is 1. The topological polar surface area (TPSA) is 25.2 Å². The number of hydrogen-bond donors (Lipinski definition) is 0. The minimum atomic E-state index is -0.242. The van der Waals surface area contributed by atoms with Crippen molar-refractivity contribution in [1.29, 1.82) is 0 Å². The van der Waals surface area contributed by atoms with Crippen LogP contribution in [0.4, 0.5) is 0 Å². The van der Waals surface area contributed by atoms with Gasteiger partial charge < -0.3 is 9.47 Å². The first-order valence-electron chi connectivity index (χ1n) is 8.50. The van der Waals surface area contributed by atoms with E-state index >= 15 is 0 Å². The molecule has 0 aliphatic carbocycles. The van der Waals surface area contributed by atoms with Crippen molar-refractivity contribution in [1.82, 2.24) is 9.47 Å². The van der Waals surface area contributed by atoms with Crippen LogP contribution < -0.4 is 0 Å². The number of thiophene rings is 1. The van der Waals surface area contributed by atoms with Gasteiger partial charge in [0.2, 0.25) is 0 Å². The maximum atomic E-state index is 13.2. The van der Waals surface area contributed by atoms with Crippen LogP contribution in [0.5, 0.6) is 0 Å². The maximum absolute atomic E-state index is 13.2. The van der Waals surface area contributed by atoms with Crippen LogP contribution in [0.25, 0.3) is 16.0 Å². The molecular formula is C21H28N2OS.